The van der Waals surface area contributed by atoms with Crippen LogP contribution >= 0.6 is 11.6 Å². The summed E-state index contributed by atoms with van der Waals surface area (Å²) in [5.41, 5.74) is 7.00. The molecule has 9 rings (SSSR count). The fraction of sp³-hybridized carbons (Fsp3) is 0.429. The van der Waals surface area contributed by atoms with Crippen LogP contribution in [0.5, 0.6) is 0 Å². The van der Waals surface area contributed by atoms with Crippen LogP contribution < -0.4 is 20.0 Å². The van der Waals surface area contributed by atoms with Gasteiger partial charge in [-0.1, -0.05) is 17.7 Å². The van der Waals surface area contributed by atoms with Crippen LogP contribution in [0.15, 0.2) is 67.1 Å². The number of anilines is 3. The fourth-order valence-electron chi connectivity index (χ4n) is 9.45. The molecule has 0 saturated carbocycles. The van der Waals surface area contributed by atoms with Gasteiger partial charge in [0, 0.05) is 99.6 Å². The largest absolute Gasteiger partial charge is 0.370 e. The molecule has 0 bridgehead atoms. The van der Waals surface area contributed by atoms with Gasteiger partial charge in [0.25, 0.3) is 0 Å². The van der Waals surface area contributed by atoms with Gasteiger partial charge in [-0.15, -0.1) is 0 Å². The number of urea groups is 1. The summed E-state index contributed by atoms with van der Waals surface area (Å²) in [6.45, 7) is 7.75. The van der Waals surface area contributed by atoms with E-state index in [1.807, 2.05) is 18.2 Å². The van der Waals surface area contributed by atoms with Gasteiger partial charge in [0.1, 0.15) is 6.07 Å². The Morgan fingerprint density at radius 2 is 1.74 bits per heavy atom. The second-order valence-electron chi connectivity index (χ2n) is 15.5. The van der Waals surface area contributed by atoms with Crippen molar-refractivity contribution in [2.75, 3.05) is 67.1 Å². The van der Waals surface area contributed by atoms with Crippen molar-refractivity contribution < 1.29 is 9.59 Å². The Bertz CT molecular complexity index is 2220. The quantitative estimate of drug-likeness (QED) is 0.178. The molecular weight excluding hydrogens is 698 g/mol. The lowest BCUT2D eigenvalue weighted by atomic mass is 9.93. The number of H-pyrrole nitrogens is 1. The monoisotopic (exact) mass is 743 g/mol. The Morgan fingerprint density at radius 1 is 0.889 bits per heavy atom. The van der Waals surface area contributed by atoms with Crippen molar-refractivity contribution in [3.8, 4) is 6.07 Å². The molecule has 7 heterocycles. The van der Waals surface area contributed by atoms with Gasteiger partial charge < -0.3 is 24.3 Å². The Labute approximate surface area is 320 Å². The van der Waals surface area contributed by atoms with Crippen LogP contribution in [0.2, 0.25) is 5.02 Å². The number of carbonyl (C=O) groups excluding carboxylic acids is 2. The van der Waals surface area contributed by atoms with E-state index in [1.54, 1.807) is 11.1 Å². The Hall–Kier alpha value is -5.05. The van der Waals surface area contributed by atoms with Crippen LogP contribution in [-0.4, -0.2) is 83.7 Å². The average Bonchev–Trinajstić information content (AvgIpc) is 3.85. The predicted octanol–water partition coefficient (Wildman–Crippen LogP) is 7.43. The maximum atomic E-state index is 12.6. The number of piperidine rings is 3. The molecule has 4 fully saturated rings. The minimum absolute atomic E-state index is 0.211. The number of hydrogen-bond donors (Lipinski definition) is 2. The zero-order valence-corrected chi connectivity index (χ0v) is 31.3. The first-order valence-corrected chi connectivity index (χ1v) is 19.9. The number of likely N-dealkylation sites (tertiary alicyclic amines) is 1. The maximum absolute atomic E-state index is 12.6. The third-order valence-corrected chi connectivity index (χ3v) is 12.7. The minimum Gasteiger partial charge on any atom is -0.370 e. The average molecular weight is 744 g/mol. The lowest BCUT2D eigenvalue weighted by Gasteiger charge is -2.39. The molecule has 1 atom stereocenters. The highest BCUT2D eigenvalue weighted by Crippen LogP contribution is 2.38. The lowest BCUT2D eigenvalue weighted by Crippen LogP contribution is -2.49. The number of nitrogens with one attached hydrogen (secondary N) is 2. The van der Waals surface area contributed by atoms with Gasteiger partial charge in [-0.3, -0.25) is 20.0 Å². The van der Waals surface area contributed by atoms with E-state index in [2.05, 4.69) is 78.4 Å². The van der Waals surface area contributed by atoms with Gasteiger partial charge in [0.15, 0.2) is 0 Å². The van der Waals surface area contributed by atoms with E-state index in [1.165, 1.54) is 18.5 Å². The highest BCUT2D eigenvalue weighted by Gasteiger charge is 2.30. The summed E-state index contributed by atoms with van der Waals surface area (Å²) >= 11 is 6.49. The zero-order chi connectivity index (χ0) is 36.8. The number of benzene rings is 2. The number of carbonyl (C=O) groups is 2. The van der Waals surface area contributed by atoms with Crippen LogP contribution in [0.4, 0.5) is 21.9 Å². The van der Waals surface area contributed by atoms with E-state index in [-0.39, 0.29) is 11.9 Å². The molecule has 54 heavy (non-hydrogen) atoms. The molecule has 1 unspecified atom stereocenters. The summed E-state index contributed by atoms with van der Waals surface area (Å²) in [7, 11) is 0. The van der Waals surface area contributed by atoms with Crippen molar-refractivity contribution >= 4 is 62.4 Å². The number of rotatable bonds is 7. The minimum atomic E-state index is -0.338. The van der Waals surface area contributed by atoms with Crippen molar-refractivity contribution in [3.63, 3.8) is 0 Å². The van der Waals surface area contributed by atoms with E-state index in [0.717, 1.165) is 110 Å². The SMILES string of the molecule is N#Cc1c[nH]c2c(N3CCCC(c4ccc(N5CCC(CN6CCC(n7ccc8c(N9CCC(=O)NC9=O)cccc87)CC6)CC5)cn4)C3)ccc(Cl)c12. The topological polar surface area (TPSA) is 117 Å². The number of nitrogens with zero attached hydrogens (tertiary/aromatic N) is 7. The van der Waals surface area contributed by atoms with E-state index < -0.39 is 0 Å². The third kappa shape index (κ3) is 6.56. The molecule has 11 nitrogen and oxygen atoms in total. The van der Waals surface area contributed by atoms with E-state index >= 15 is 0 Å². The predicted molar refractivity (Wildman–Crippen MR) is 214 cm³/mol. The molecule has 278 valence electrons. The first-order valence-electron chi connectivity index (χ1n) is 19.5. The molecule has 3 aromatic heterocycles. The lowest BCUT2D eigenvalue weighted by molar-refractivity contribution is -0.120. The van der Waals surface area contributed by atoms with Gasteiger partial charge >= 0.3 is 6.03 Å². The first kappa shape index (κ1) is 34.7. The smallest absolute Gasteiger partial charge is 0.328 e. The molecular formula is C42H46ClN9O2. The number of imide groups is 1. The molecule has 0 radical (unpaired) electrons. The van der Waals surface area contributed by atoms with E-state index in [4.69, 9.17) is 16.6 Å². The molecule has 3 amide bonds. The first-order chi connectivity index (χ1) is 26.4. The molecule has 4 aliphatic rings. The van der Waals surface area contributed by atoms with Crippen molar-refractivity contribution in [2.45, 2.75) is 56.9 Å². The third-order valence-electron chi connectivity index (χ3n) is 12.4. The molecule has 12 heteroatoms. The summed E-state index contributed by atoms with van der Waals surface area (Å²) in [4.78, 5) is 41.9. The van der Waals surface area contributed by atoms with Crippen LogP contribution in [-0.2, 0) is 4.79 Å². The van der Waals surface area contributed by atoms with E-state index in [9.17, 15) is 14.9 Å². The van der Waals surface area contributed by atoms with Crippen LogP contribution in [0.3, 0.4) is 0 Å². The summed E-state index contributed by atoms with van der Waals surface area (Å²) in [6, 6.07) is 19.1. The number of pyridine rings is 1. The second-order valence-corrected chi connectivity index (χ2v) is 15.9. The highest BCUT2D eigenvalue weighted by molar-refractivity contribution is 6.36. The molecule has 5 aromatic rings. The van der Waals surface area contributed by atoms with Crippen molar-refractivity contribution in [1.29, 1.82) is 5.26 Å². The van der Waals surface area contributed by atoms with Gasteiger partial charge in [0.05, 0.1) is 44.9 Å². The summed E-state index contributed by atoms with van der Waals surface area (Å²) < 4.78 is 2.40. The number of halogens is 1. The number of nitriles is 1. The van der Waals surface area contributed by atoms with Gasteiger partial charge in [-0.05, 0) is 86.9 Å². The second kappa shape index (κ2) is 14.6. The molecule has 4 aliphatic heterocycles. The molecule has 0 aliphatic carbocycles. The number of aromatic nitrogens is 3. The summed E-state index contributed by atoms with van der Waals surface area (Å²) in [5, 5.41) is 14.5. The van der Waals surface area contributed by atoms with Crippen molar-refractivity contribution in [3.05, 3.63) is 83.4 Å². The summed E-state index contributed by atoms with van der Waals surface area (Å²) in [5.74, 6) is 0.847. The standard InChI is InChI=1S/C42H46ClN9O2/c43-34-7-9-38(41-40(34)30(23-44)24-46-41)50-16-2-3-29(27-50)35-8-6-32(25-45-35)49-19-10-28(11-20-49)26-48-17-12-31(13-18-48)51-21-14-33-36(51)4-1-5-37(33)52-22-15-39(53)47-42(52)54/h1,4-9,14,21,24-25,28-29,31,46H,2-3,10-13,15-20,22,26-27H2,(H,47,53,54). The van der Waals surface area contributed by atoms with Crippen LogP contribution in [0.25, 0.3) is 21.8 Å². The number of hydrogen-bond acceptors (Lipinski definition) is 7. The molecule has 2 aromatic carbocycles. The summed E-state index contributed by atoms with van der Waals surface area (Å²) in [6.07, 6.45) is 13.2. The van der Waals surface area contributed by atoms with E-state index in [0.29, 0.717) is 41.4 Å². The van der Waals surface area contributed by atoms with Crippen LogP contribution in [0, 0.1) is 17.2 Å². The van der Waals surface area contributed by atoms with Gasteiger partial charge in [-0.25, -0.2) is 4.79 Å². The van der Waals surface area contributed by atoms with Gasteiger partial charge in [0.2, 0.25) is 5.91 Å². The molecule has 2 N–H and O–H groups in total. The Balaban J connectivity index is 0.766. The fourth-order valence-corrected chi connectivity index (χ4v) is 9.71. The Morgan fingerprint density at radius 3 is 2.52 bits per heavy atom. The normalized spacial score (nSPS) is 20.9. The van der Waals surface area contributed by atoms with Crippen molar-refractivity contribution in [2.24, 2.45) is 5.92 Å². The zero-order valence-electron chi connectivity index (χ0n) is 30.5. The van der Waals surface area contributed by atoms with Gasteiger partial charge in [-0.2, -0.15) is 5.26 Å². The Kier molecular flexibility index (Phi) is 9.41. The highest BCUT2D eigenvalue weighted by atomic mass is 35.5. The number of fused-ring (bicyclic) bond motifs is 2. The number of amides is 3. The van der Waals surface area contributed by atoms with Crippen molar-refractivity contribution in [1.82, 2.24) is 24.8 Å². The van der Waals surface area contributed by atoms with Crippen LogP contribution in [0.1, 0.15) is 68.2 Å². The molecule has 4 saturated heterocycles. The maximum Gasteiger partial charge on any atom is 0.328 e. The number of aromatic amines is 1. The molecule has 0 spiro atoms.